The number of fused-ring (bicyclic) bond motifs is 6. The first-order valence-electron chi connectivity index (χ1n) is 16.7. The molecule has 45 heavy (non-hydrogen) atoms. The zero-order valence-corrected chi connectivity index (χ0v) is 27.4. The van der Waals surface area contributed by atoms with E-state index in [1.54, 1.807) is 0 Å². The molecule has 4 aromatic carbocycles. The Labute approximate surface area is 268 Å². The summed E-state index contributed by atoms with van der Waals surface area (Å²) in [5, 5.41) is 3.61. The van der Waals surface area contributed by atoms with Gasteiger partial charge >= 0.3 is 5.97 Å². The molecule has 0 radical (unpaired) electrons. The number of carbonyl (C=O) groups is 1. The quantitative estimate of drug-likeness (QED) is 0.129. The van der Waals surface area contributed by atoms with Gasteiger partial charge in [0.25, 0.3) is 0 Å². The van der Waals surface area contributed by atoms with Crippen molar-refractivity contribution >= 4 is 23.0 Å². The van der Waals surface area contributed by atoms with E-state index in [1.807, 2.05) is 24.3 Å². The number of carbonyl (C=O) groups excluding carboxylic acids is 1. The highest BCUT2D eigenvalue weighted by atomic mass is 16.6. The Balaban J connectivity index is 1.43. The van der Waals surface area contributed by atoms with Crippen LogP contribution in [0.15, 0.2) is 78.9 Å². The fourth-order valence-electron chi connectivity index (χ4n) is 6.71. The molecular formula is C40H46N2O3. The number of esters is 1. The van der Waals surface area contributed by atoms with Crippen molar-refractivity contribution in [2.75, 3.05) is 23.3 Å². The van der Waals surface area contributed by atoms with Gasteiger partial charge in [-0.15, -0.1) is 0 Å². The molecule has 0 amide bonds. The Bertz CT molecular complexity index is 1690. The van der Waals surface area contributed by atoms with E-state index in [2.05, 4.69) is 99.4 Å². The molecule has 0 bridgehead atoms. The average Bonchev–Trinajstić information content (AvgIpc) is 3.31. The number of unbranched alkanes of at least 4 members (excludes halogenated alkanes) is 4. The van der Waals surface area contributed by atoms with Gasteiger partial charge in [0.2, 0.25) is 0 Å². The minimum Gasteiger partial charge on any atom is -0.456 e. The van der Waals surface area contributed by atoms with Crippen LogP contribution in [-0.4, -0.2) is 19.1 Å². The predicted molar refractivity (Wildman–Crippen MR) is 184 cm³/mol. The van der Waals surface area contributed by atoms with Crippen LogP contribution in [-0.2, 0) is 10.3 Å². The van der Waals surface area contributed by atoms with Crippen molar-refractivity contribution in [1.29, 1.82) is 0 Å². The average molecular weight is 603 g/mol. The lowest BCUT2D eigenvalue weighted by Crippen LogP contribution is -2.33. The van der Waals surface area contributed by atoms with Crippen LogP contribution in [0.3, 0.4) is 0 Å². The van der Waals surface area contributed by atoms with E-state index in [-0.39, 0.29) is 5.97 Å². The highest BCUT2D eigenvalue weighted by molar-refractivity contribution is 5.97. The molecule has 2 aliphatic rings. The van der Waals surface area contributed by atoms with Crippen LogP contribution in [0.25, 0.3) is 0 Å². The van der Waals surface area contributed by atoms with E-state index in [1.165, 1.54) is 37.7 Å². The van der Waals surface area contributed by atoms with Crippen molar-refractivity contribution in [1.82, 2.24) is 0 Å². The van der Waals surface area contributed by atoms with Gasteiger partial charge in [-0.2, -0.15) is 0 Å². The van der Waals surface area contributed by atoms with Gasteiger partial charge in [0.05, 0.1) is 5.56 Å². The number of hydrogen-bond donors (Lipinski definition) is 1. The van der Waals surface area contributed by atoms with Gasteiger partial charge in [-0.25, -0.2) is 4.79 Å². The largest absolute Gasteiger partial charge is 0.456 e. The van der Waals surface area contributed by atoms with Gasteiger partial charge in [0.1, 0.15) is 11.5 Å². The number of rotatable bonds is 12. The summed E-state index contributed by atoms with van der Waals surface area (Å²) in [5.41, 5.74) is 7.37. The molecule has 4 aromatic rings. The number of benzene rings is 4. The molecule has 2 aliphatic heterocycles. The van der Waals surface area contributed by atoms with Gasteiger partial charge < -0.3 is 19.7 Å². The van der Waals surface area contributed by atoms with Crippen LogP contribution in [0.4, 0.5) is 17.1 Å². The zero-order valence-electron chi connectivity index (χ0n) is 27.4. The number of nitrogens with zero attached hydrogens (tertiary/aromatic N) is 1. The van der Waals surface area contributed by atoms with Crippen LogP contribution in [0, 0.1) is 19.8 Å². The number of aryl methyl sites for hydroxylation is 2. The summed E-state index contributed by atoms with van der Waals surface area (Å²) in [6, 6.07) is 26.7. The number of hydrogen-bond acceptors (Lipinski definition) is 5. The minimum atomic E-state index is -1.10. The van der Waals surface area contributed by atoms with Gasteiger partial charge in [0.15, 0.2) is 5.60 Å². The monoisotopic (exact) mass is 602 g/mol. The summed E-state index contributed by atoms with van der Waals surface area (Å²) >= 11 is 0. The van der Waals surface area contributed by atoms with E-state index >= 15 is 0 Å². The Morgan fingerprint density at radius 2 is 1.60 bits per heavy atom. The van der Waals surface area contributed by atoms with Crippen molar-refractivity contribution in [2.24, 2.45) is 5.92 Å². The van der Waals surface area contributed by atoms with Gasteiger partial charge in [-0.3, -0.25) is 0 Å². The van der Waals surface area contributed by atoms with Gasteiger partial charge in [-0.05, 0) is 86.2 Å². The van der Waals surface area contributed by atoms with Crippen LogP contribution < -0.4 is 15.0 Å². The lowest BCUT2D eigenvalue weighted by molar-refractivity contribution is 0.0224. The van der Waals surface area contributed by atoms with E-state index in [9.17, 15) is 4.79 Å². The molecule has 1 unspecified atom stereocenters. The van der Waals surface area contributed by atoms with E-state index in [0.29, 0.717) is 17.2 Å². The molecule has 6 rings (SSSR count). The van der Waals surface area contributed by atoms with Crippen molar-refractivity contribution < 1.29 is 14.3 Å². The summed E-state index contributed by atoms with van der Waals surface area (Å²) in [6.07, 6.45) is 7.37. The second kappa shape index (κ2) is 13.0. The number of anilines is 3. The van der Waals surface area contributed by atoms with Crippen LogP contribution in [0.1, 0.15) is 97.5 Å². The normalized spacial score (nSPS) is 16.2. The molecule has 1 N–H and O–H groups in total. The number of ether oxygens (including phenoxy) is 2. The Kier molecular flexibility index (Phi) is 8.89. The van der Waals surface area contributed by atoms with Crippen molar-refractivity contribution in [2.45, 2.75) is 78.7 Å². The first-order valence-corrected chi connectivity index (χ1v) is 16.7. The fraction of sp³-hybridized carbons (Fsp3) is 0.375. The Hall–Kier alpha value is -4.25. The first-order chi connectivity index (χ1) is 21.8. The molecule has 5 nitrogen and oxygen atoms in total. The van der Waals surface area contributed by atoms with Crippen molar-refractivity contribution in [3.63, 3.8) is 0 Å². The van der Waals surface area contributed by atoms with Crippen molar-refractivity contribution in [3.05, 3.63) is 112 Å². The lowest BCUT2D eigenvalue weighted by Gasteiger charge is -2.38. The summed E-state index contributed by atoms with van der Waals surface area (Å²) in [6.45, 7) is 13.0. The minimum absolute atomic E-state index is 0.312. The second-order valence-electron chi connectivity index (χ2n) is 13.1. The molecule has 0 saturated carbocycles. The molecule has 0 saturated heterocycles. The molecule has 5 heteroatoms. The Morgan fingerprint density at radius 1 is 0.800 bits per heavy atom. The van der Waals surface area contributed by atoms with Crippen LogP contribution in [0.5, 0.6) is 11.5 Å². The molecule has 0 fully saturated rings. The SMILES string of the molecule is CCCCCCCN(CCC(C)C)c1ccc2c(c1)Oc1cc(C)c(Nc3cccc(C)c3)cc1C21OC(=O)c2ccccc21. The van der Waals surface area contributed by atoms with E-state index < -0.39 is 5.60 Å². The Morgan fingerprint density at radius 3 is 2.40 bits per heavy atom. The summed E-state index contributed by atoms with van der Waals surface area (Å²) in [4.78, 5) is 16.0. The van der Waals surface area contributed by atoms with Crippen LogP contribution in [0.2, 0.25) is 0 Å². The summed E-state index contributed by atoms with van der Waals surface area (Å²) in [5.74, 6) is 1.76. The standard InChI is InChI=1S/C40H46N2O3/c1-6-7-8-9-12-21-42(22-20-27(2)3)31-18-19-34-38(25-31)44-37-24-29(5)36(41-30-15-13-14-28(4)23-30)26-35(37)40(34)33-17-11-10-16-32(33)39(43)45-40/h10-11,13-19,23-27,41H,6-9,12,20-22H2,1-5H3. The number of nitrogens with one attached hydrogen (secondary N) is 1. The van der Waals surface area contributed by atoms with Gasteiger partial charge in [-0.1, -0.05) is 76.8 Å². The zero-order chi connectivity index (χ0) is 31.6. The third-order valence-corrected chi connectivity index (χ3v) is 9.21. The highest BCUT2D eigenvalue weighted by Gasteiger charge is 2.53. The summed E-state index contributed by atoms with van der Waals surface area (Å²) < 4.78 is 13.2. The molecule has 2 heterocycles. The molecule has 234 valence electrons. The maximum Gasteiger partial charge on any atom is 0.340 e. The lowest BCUT2D eigenvalue weighted by atomic mass is 9.77. The smallest absolute Gasteiger partial charge is 0.340 e. The molecule has 1 spiro atoms. The fourth-order valence-corrected chi connectivity index (χ4v) is 6.71. The van der Waals surface area contributed by atoms with E-state index in [4.69, 9.17) is 9.47 Å². The van der Waals surface area contributed by atoms with E-state index in [0.717, 1.165) is 64.6 Å². The highest BCUT2D eigenvalue weighted by Crippen LogP contribution is 2.57. The third-order valence-electron chi connectivity index (χ3n) is 9.21. The predicted octanol–water partition coefficient (Wildman–Crippen LogP) is 10.4. The van der Waals surface area contributed by atoms with Crippen molar-refractivity contribution in [3.8, 4) is 11.5 Å². The van der Waals surface area contributed by atoms with Crippen LogP contribution >= 0.6 is 0 Å². The topological polar surface area (TPSA) is 50.8 Å². The second-order valence-corrected chi connectivity index (χ2v) is 13.1. The first kappa shape index (κ1) is 30.8. The molecule has 0 aromatic heterocycles. The third kappa shape index (κ3) is 6.05. The molecule has 1 atom stereocenters. The summed E-state index contributed by atoms with van der Waals surface area (Å²) in [7, 11) is 0. The molecular weight excluding hydrogens is 556 g/mol. The maximum absolute atomic E-state index is 13.5. The van der Waals surface area contributed by atoms with Gasteiger partial charge in [0, 0.05) is 52.9 Å². The maximum atomic E-state index is 13.5. The molecule has 0 aliphatic carbocycles.